The summed E-state index contributed by atoms with van der Waals surface area (Å²) in [7, 11) is 0. The molecule has 0 unspecified atom stereocenters. The SMILES string of the molecule is Nc1cc(NCc2cccc(F)c2)cc([N+](=O)[O-])c1. The number of hydrogen-bond donors (Lipinski definition) is 2. The van der Waals surface area contributed by atoms with Crippen LogP contribution >= 0.6 is 0 Å². The minimum atomic E-state index is -0.510. The molecule has 0 aliphatic heterocycles. The van der Waals surface area contributed by atoms with Crippen LogP contribution in [0.15, 0.2) is 42.5 Å². The fraction of sp³-hybridized carbons (Fsp3) is 0.0769. The largest absolute Gasteiger partial charge is 0.398 e. The van der Waals surface area contributed by atoms with E-state index in [9.17, 15) is 14.5 Å². The standard InChI is InChI=1S/C13H12FN3O2/c14-10-3-1-2-9(4-10)8-16-12-5-11(15)6-13(7-12)17(18)19/h1-7,16H,8,15H2. The van der Waals surface area contributed by atoms with Gasteiger partial charge in [0, 0.05) is 30.1 Å². The predicted octanol–water partition coefficient (Wildman–Crippen LogP) is 2.93. The maximum Gasteiger partial charge on any atom is 0.273 e. The normalized spacial score (nSPS) is 10.2. The van der Waals surface area contributed by atoms with E-state index in [1.165, 1.54) is 24.3 Å². The van der Waals surface area contributed by atoms with E-state index in [4.69, 9.17) is 5.73 Å². The second kappa shape index (κ2) is 5.34. The van der Waals surface area contributed by atoms with Crippen LogP contribution in [0.5, 0.6) is 0 Å². The van der Waals surface area contributed by atoms with E-state index in [2.05, 4.69) is 5.32 Å². The highest BCUT2D eigenvalue weighted by molar-refractivity contribution is 5.61. The first-order valence-corrected chi connectivity index (χ1v) is 5.58. The van der Waals surface area contributed by atoms with Crippen LogP contribution in [0.3, 0.4) is 0 Å². The van der Waals surface area contributed by atoms with Crippen molar-refractivity contribution >= 4 is 17.1 Å². The lowest BCUT2D eigenvalue weighted by Gasteiger charge is -2.07. The minimum Gasteiger partial charge on any atom is -0.398 e. The summed E-state index contributed by atoms with van der Waals surface area (Å²) in [5, 5.41) is 13.7. The highest BCUT2D eigenvalue weighted by atomic mass is 19.1. The first-order chi connectivity index (χ1) is 9.04. The van der Waals surface area contributed by atoms with Crippen LogP contribution in [-0.2, 0) is 6.54 Å². The molecule has 0 amide bonds. The van der Waals surface area contributed by atoms with Crippen molar-refractivity contribution in [3.8, 4) is 0 Å². The molecule has 0 spiro atoms. The smallest absolute Gasteiger partial charge is 0.273 e. The summed E-state index contributed by atoms with van der Waals surface area (Å²) in [4.78, 5) is 10.2. The topological polar surface area (TPSA) is 81.2 Å². The van der Waals surface area contributed by atoms with Crippen molar-refractivity contribution in [3.63, 3.8) is 0 Å². The molecule has 0 atom stereocenters. The van der Waals surface area contributed by atoms with E-state index < -0.39 is 4.92 Å². The molecule has 0 bridgehead atoms. The van der Waals surface area contributed by atoms with Gasteiger partial charge in [-0.05, 0) is 23.8 Å². The molecule has 0 aliphatic rings. The molecule has 0 fully saturated rings. The first-order valence-electron chi connectivity index (χ1n) is 5.58. The third-order valence-corrected chi connectivity index (χ3v) is 2.54. The van der Waals surface area contributed by atoms with Crippen molar-refractivity contribution in [3.05, 3.63) is 64.0 Å². The molecule has 0 aliphatic carbocycles. The summed E-state index contributed by atoms with van der Waals surface area (Å²) >= 11 is 0. The number of rotatable bonds is 4. The molecule has 0 aromatic heterocycles. The van der Waals surface area contributed by atoms with Crippen LogP contribution < -0.4 is 11.1 Å². The third kappa shape index (κ3) is 3.41. The molecular formula is C13H12FN3O2. The van der Waals surface area contributed by atoms with Gasteiger partial charge in [-0.25, -0.2) is 4.39 Å². The Hall–Kier alpha value is -2.63. The Bertz CT molecular complexity index is 617. The zero-order chi connectivity index (χ0) is 13.8. The summed E-state index contributed by atoms with van der Waals surface area (Å²) in [6.07, 6.45) is 0. The van der Waals surface area contributed by atoms with E-state index in [1.807, 2.05) is 0 Å². The Morgan fingerprint density at radius 2 is 2.05 bits per heavy atom. The first kappa shape index (κ1) is 12.8. The maximum absolute atomic E-state index is 13.0. The molecule has 2 rings (SSSR count). The van der Waals surface area contributed by atoms with Crippen molar-refractivity contribution < 1.29 is 9.31 Å². The van der Waals surface area contributed by atoms with Gasteiger partial charge >= 0.3 is 0 Å². The Balaban J connectivity index is 2.13. The van der Waals surface area contributed by atoms with Gasteiger partial charge in [0.2, 0.25) is 0 Å². The van der Waals surface area contributed by atoms with Crippen molar-refractivity contribution in [2.45, 2.75) is 6.54 Å². The zero-order valence-electron chi connectivity index (χ0n) is 9.97. The highest BCUT2D eigenvalue weighted by Crippen LogP contribution is 2.22. The van der Waals surface area contributed by atoms with Gasteiger partial charge in [0.1, 0.15) is 5.82 Å². The molecule has 0 saturated heterocycles. The average molecular weight is 261 g/mol. The number of nitro groups is 1. The lowest BCUT2D eigenvalue weighted by Crippen LogP contribution is -2.01. The van der Waals surface area contributed by atoms with Gasteiger partial charge in [-0.15, -0.1) is 0 Å². The van der Waals surface area contributed by atoms with Crippen molar-refractivity contribution in [1.29, 1.82) is 0 Å². The molecule has 0 radical (unpaired) electrons. The van der Waals surface area contributed by atoms with Gasteiger partial charge in [-0.2, -0.15) is 0 Å². The van der Waals surface area contributed by atoms with Crippen LogP contribution in [-0.4, -0.2) is 4.92 Å². The third-order valence-electron chi connectivity index (χ3n) is 2.54. The molecular weight excluding hydrogens is 249 g/mol. The molecule has 2 aromatic rings. The van der Waals surface area contributed by atoms with Gasteiger partial charge in [-0.1, -0.05) is 12.1 Å². The number of anilines is 2. The summed E-state index contributed by atoms with van der Waals surface area (Å²) in [6, 6.07) is 10.4. The van der Waals surface area contributed by atoms with Crippen LogP contribution in [0.25, 0.3) is 0 Å². The van der Waals surface area contributed by atoms with Crippen molar-refractivity contribution in [1.82, 2.24) is 0 Å². The van der Waals surface area contributed by atoms with E-state index in [0.29, 0.717) is 17.9 Å². The Kier molecular flexibility index (Phi) is 3.61. The number of halogens is 1. The maximum atomic E-state index is 13.0. The van der Waals surface area contributed by atoms with Crippen LogP contribution in [0.4, 0.5) is 21.5 Å². The summed E-state index contributed by atoms with van der Waals surface area (Å²) < 4.78 is 13.0. The van der Waals surface area contributed by atoms with Crippen molar-refractivity contribution in [2.24, 2.45) is 0 Å². The molecule has 5 nitrogen and oxygen atoms in total. The van der Waals surface area contributed by atoms with E-state index in [1.54, 1.807) is 18.2 Å². The number of nitro benzene ring substituents is 1. The van der Waals surface area contributed by atoms with Gasteiger partial charge in [0.05, 0.1) is 4.92 Å². The fourth-order valence-corrected chi connectivity index (χ4v) is 1.69. The zero-order valence-corrected chi connectivity index (χ0v) is 9.97. The van der Waals surface area contributed by atoms with Gasteiger partial charge in [0.15, 0.2) is 0 Å². The summed E-state index contributed by atoms with van der Waals surface area (Å²) in [6.45, 7) is 0.359. The van der Waals surface area contributed by atoms with Crippen LogP contribution in [0.2, 0.25) is 0 Å². The summed E-state index contributed by atoms with van der Waals surface area (Å²) in [5.41, 5.74) is 7.07. The number of nitrogens with two attached hydrogens (primary N) is 1. The molecule has 19 heavy (non-hydrogen) atoms. The number of non-ortho nitro benzene ring substituents is 1. The number of nitrogens with zero attached hydrogens (tertiary/aromatic N) is 1. The van der Waals surface area contributed by atoms with E-state index >= 15 is 0 Å². The minimum absolute atomic E-state index is 0.0817. The second-order valence-corrected chi connectivity index (χ2v) is 4.05. The molecule has 3 N–H and O–H groups in total. The van der Waals surface area contributed by atoms with Crippen molar-refractivity contribution in [2.75, 3.05) is 11.1 Å². The van der Waals surface area contributed by atoms with Crippen LogP contribution in [0, 0.1) is 15.9 Å². The molecule has 98 valence electrons. The Labute approximate surface area is 109 Å². The number of nitrogens with one attached hydrogen (secondary N) is 1. The molecule has 0 heterocycles. The number of benzene rings is 2. The van der Waals surface area contributed by atoms with E-state index in [0.717, 1.165) is 5.56 Å². The Morgan fingerprint density at radius 3 is 2.74 bits per heavy atom. The monoisotopic (exact) mass is 261 g/mol. The van der Waals surface area contributed by atoms with Crippen LogP contribution in [0.1, 0.15) is 5.56 Å². The summed E-state index contributed by atoms with van der Waals surface area (Å²) in [5.74, 6) is -0.321. The second-order valence-electron chi connectivity index (χ2n) is 4.05. The quantitative estimate of drug-likeness (QED) is 0.503. The van der Waals surface area contributed by atoms with Gasteiger partial charge in [-0.3, -0.25) is 10.1 Å². The number of hydrogen-bond acceptors (Lipinski definition) is 4. The van der Waals surface area contributed by atoms with Gasteiger partial charge in [0.25, 0.3) is 5.69 Å². The fourth-order valence-electron chi connectivity index (χ4n) is 1.69. The molecule has 0 saturated carbocycles. The number of nitrogen functional groups attached to an aromatic ring is 1. The lowest BCUT2D eigenvalue weighted by molar-refractivity contribution is -0.384. The predicted molar refractivity (Wildman–Crippen MR) is 71.2 cm³/mol. The molecule has 2 aromatic carbocycles. The Morgan fingerprint density at radius 1 is 1.26 bits per heavy atom. The van der Waals surface area contributed by atoms with Gasteiger partial charge < -0.3 is 11.1 Å². The lowest BCUT2D eigenvalue weighted by atomic mass is 10.2. The highest BCUT2D eigenvalue weighted by Gasteiger charge is 2.08. The van der Waals surface area contributed by atoms with E-state index in [-0.39, 0.29) is 11.5 Å². The average Bonchev–Trinajstić information content (AvgIpc) is 2.36. The molecule has 6 heteroatoms.